The zero-order chi connectivity index (χ0) is 42.6. The fourth-order valence-electron chi connectivity index (χ4n) is 9.28. The summed E-state index contributed by atoms with van der Waals surface area (Å²) in [6, 6.07) is 78.1. The smallest absolute Gasteiger partial charge is 0.166 e. The Labute approximate surface area is 369 Å². The predicted octanol–water partition coefficient (Wildman–Crippen LogP) is 14.3. The lowest BCUT2D eigenvalue weighted by Crippen LogP contribution is -2.04. The molecule has 0 unspecified atom stereocenters. The molecule has 0 saturated carbocycles. The Balaban J connectivity index is 1.14. The molecule has 0 amide bonds. The van der Waals surface area contributed by atoms with Gasteiger partial charge in [-0.1, -0.05) is 158 Å². The monoisotopic (exact) mass is 816 g/mol. The number of aromatic nitrogens is 5. The zero-order valence-electron chi connectivity index (χ0n) is 34.5. The number of rotatable bonds is 7. The minimum Gasteiger partial charge on any atom is -0.309 e. The van der Waals surface area contributed by atoms with Gasteiger partial charge < -0.3 is 9.13 Å². The van der Waals surface area contributed by atoms with E-state index in [1.807, 2.05) is 78.9 Å². The summed E-state index contributed by atoms with van der Waals surface area (Å²) in [6.07, 6.45) is 0. The Hall–Kier alpha value is -8.92. The van der Waals surface area contributed by atoms with Gasteiger partial charge in [0.15, 0.2) is 17.5 Å². The molecule has 0 aliphatic rings. The molecule has 0 atom stereocenters. The van der Waals surface area contributed by atoms with E-state index in [0.717, 1.165) is 83.2 Å². The van der Waals surface area contributed by atoms with Gasteiger partial charge in [-0.15, -0.1) is 0 Å². The quantitative estimate of drug-likeness (QED) is 0.161. The van der Waals surface area contributed by atoms with Gasteiger partial charge in [0, 0.05) is 43.8 Å². The first kappa shape index (κ1) is 36.9. The SMILES string of the molecule is N#Cc1cccc(-c2ccc3c(c2)c2ccccc2n3-c2ccc(-c3ccccc3-n3c4ccccc4c4ccccc43)cc2-c2nc(-c3ccccc3)nc(-c3ccccc3)n2)c1. The van der Waals surface area contributed by atoms with Crippen molar-refractivity contribution in [1.29, 1.82) is 5.26 Å². The van der Waals surface area contributed by atoms with Crippen LogP contribution < -0.4 is 0 Å². The maximum Gasteiger partial charge on any atom is 0.166 e. The lowest BCUT2D eigenvalue weighted by molar-refractivity contribution is 1.06. The Morgan fingerprint density at radius 3 is 1.41 bits per heavy atom. The van der Waals surface area contributed by atoms with E-state index in [2.05, 4.69) is 155 Å². The molecule has 6 nitrogen and oxygen atoms in total. The maximum atomic E-state index is 9.71. The van der Waals surface area contributed by atoms with Crippen molar-refractivity contribution in [2.45, 2.75) is 0 Å². The molecule has 3 aromatic heterocycles. The van der Waals surface area contributed by atoms with Crippen molar-refractivity contribution in [3.8, 4) is 73.9 Å². The van der Waals surface area contributed by atoms with Crippen LogP contribution in [-0.4, -0.2) is 24.1 Å². The van der Waals surface area contributed by atoms with Crippen LogP contribution >= 0.6 is 0 Å². The second-order valence-electron chi connectivity index (χ2n) is 15.9. The Bertz CT molecular complexity index is 3690. The van der Waals surface area contributed by atoms with Gasteiger partial charge in [0.25, 0.3) is 0 Å². The average Bonchev–Trinajstić information content (AvgIpc) is 3.89. The van der Waals surface area contributed by atoms with Gasteiger partial charge in [-0.25, -0.2) is 15.0 Å². The van der Waals surface area contributed by atoms with Crippen molar-refractivity contribution in [2.24, 2.45) is 0 Å². The highest BCUT2D eigenvalue weighted by Crippen LogP contribution is 2.42. The van der Waals surface area contributed by atoms with E-state index < -0.39 is 0 Å². The minimum absolute atomic E-state index is 0.565. The van der Waals surface area contributed by atoms with Gasteiger partial charge in [0.1, 0.15) is 0 Å². The Morgan fingerprint density at radius 2 is 0.781 bits per heavy atom. The minimum atomic E-state index is 0.565. The van der Waals surface area contributed by atoms with Crippen molar-refractivity contribution < 1.29 is 0 Å². The molecule has 9 aromatic carbocycles. The molecule has 3 heterocycles. The number of fused-ring (bicyclic) bond motifs is 6. The summed E-state index contributed by atoms with van der Waals surface area (Å²) in [7, 11) is 0. The van der Waals surface area contributed by atoms with Crippen LogP contribution in [-0.2, 0) is 0 Å². The molecule has 0 aliphatic heterocycles. The van der Waals surface area contributed by atoms with E-state index >= 15 is 0 Å². The molecule has 0 radical (unpaired) electrons. The fraction of sp³-hybridized carbons (Fsp3) is 0. The number of nitrogens with zero attached hydrogens (tertiary/aromatic N) is 6. The largest absolute Gasteiger partial charge is 0.309 e. The molecular formula is C58H36N6. The van der Waals surface area contributed by atoms with Crippen LogP contribution in [0.15, 0.2) is 218 Å². The highest BCUT2D eigenvalue weighted by Gasteiger charge is 2.22. The molecule has 0 N–H and O–H groups in total. The number of hydrogen-bond donors (Lipinski definition) is 0. The Morgan fingerprint density at radius 1 is 0.312 bits per heavy atom. The standard InChI is InChI=1S/C58H36N6/c59-37-38-16-15-21-41(34-38)42-30-32-54-48(35-42)47-25-10-14-29-53(47)64(54)55-33-31-43(44-22-7-11-26-50(44)63-51-27-12-8-23-45(51)46-24-9-13-28-52(46)63)36-49(55)58-61-56(39-17-3-1-4-18-39)60-57(62-58)40-19-5-2-6-20-40/h1-36H. The molecule has 0 saturated heterocycles. The lowest BCUT2D eigenvalue weighted by Gasteiger charge is -2.18. The maximum absolute atomic E-state index is 9.71. The third-order valence-corrected chi connectivity index (χ3v) is 12.2. The van der Waals surface area contributed by atoms with E-state index in [1.165, 1.54) is 10.8 Å². The fourth-order valence-corrected chi connectivity index (χ4v) is 9.28. The highest BCUT2D eigenvalue weighted by atomic mass is 15.1. The summed E-state index contributed by atoms with van der Waals surface area (Å²) in [5.74, 6) is 1.76. The molecular weight excluding hydrogens is 781 g/mol. The zero-order valence-corrected chi connectivity index (χ0v) is 34.5. The summed E-state index contributed by atoms with van der Waals surface area (Å²) in [4.78, 5) is 15.7. The summed E-state index contributed by atoms with van der Waals surface area (Å²) >= 11 is 0. The third kappa shape index (κ3) is 6.14. The van der Waals surface area contributed by atoms with Crippen LogP contribution in [0.25, 0.3) is 111 Å². The first-order chi connectivity index (χ1) is 31.7. The van der Waals surface area contributed by atoms with E-state index in [-0.39, 0.29) is 0 Å². The average molecular weight is 817 g/mol. The molecule has 12 aromatic rings. The second kappa shape index (κ2) is 15.2. The molecule has 298 valence electrons. The van der Waals surface area contributed by atoms with Crippen molar-refractivity contribution in [2.75, 3.05) is 0 Å². The van der Waals surface area contributed by atoms with E-state index in [1.54, 1.807) is 0 Å². The molecule has 6 heteroatoms. The van der Waals surface area contributed by atoms with Gasteiger partial charge in [-0.2, -0.15) is 5.26 Å². The summed E-state index contributed by atoms with van der Waals surface area (Å²) in [5.41, 5.74) is 13.9. The summed E-state index contributed by atoms with van der Waals surface area (Å²) < 4.78 is 4.72. The van der Waals surface area contributed by atoms with Gasteiger partial charge in [0.2, 0.25) is 0 Å². The van der Waals surface area contributed by atoms with Gasteiger partial charge in [0.05, 0.1) is 45.1 Å². The first-order valence-corrected chi connectivity index (χ1v) is 21.3. The van der Waals surface area contributed by atoms with E-state index in [4.69, 9.17) is 15.0 Å². The molecule has 0 spiro atoms. The number of nitriles is 1. The van der Waals surface area contributed by atoms with Crippen LogP contribution in [0.4, 0.5) is 0 Å². The predicted molar refractivity (Wildman–Crippen MR) is 260 cm³/mol. The summed E-state index contributed by atoms with van der Waals surface area (Å²) in [5, 5.41) is 14.4. The number of para-hydroxylation sites is 4. The summed E-state index contributed by atoms with van der Waals surface area (Å²) in [6.45, 7) is 0. The van der Waals surface area contributed by atoms with Crippen LogP contribution in [0.2, 0.25) is 0 Å². The normalized spacial score (nSPS) is 11.4. The lowest BCUT2D eigenvalue weighted by atomic mass is 9.99. The van der Waals surface area contributed by atoms with Crippen LogP contribution in [0, 0.1) is 11.3 Å². The number of benzene rings is 9. The van der Waals surface area contributed by atoms with Crippen LogP contribution in [0.3, 0.4) is 0 Å². The third-order valence-electron chi connectivity index (χ3n) is 12.2. The molecule has 0 aliphatic carbocycles. The highest BCUT2D eigenvalue weighted by molar-refractivity contribution is 6.12. The molecule has 0 fully saturated rings. The van der Waals surface area contributed by atoms with Crippen molar-refractivity contribution >= 4 is 43.6 Å². The van der Waals surface area contributed by atoms with Gasteiger partial charge in [-0.05, 0) is 77.4 Å². The first-order valence-electron chi connectivity index (χ1n) is 21.3. The molecule has 12 rings (SSSR count). The van der Waals surface area contributed by atoms with Crippen molar-refractivity contribution in [3.63, 3.8) is 0 Å². The molecule has 64 heavy (non-hydrogen) atoms. The van der Waals surface area contributed by atoms with E-state index in [9.17, 15) is 5.26 Å². The van der Waals surface area contributed by atoms with E-state index in [0.29, 0.717) is 23.0 Å². The topological polar surface area (TPSA) is 72.3 Å². The number of hydrogen-bond acceptors (Lipinski definition) is 4. The van der Waals surface area contributed by atoms with Crippen LogP contribution in [0.5, 0.6) is 0 Å². The van der Waals surface area contributed by atoms with Crippen molar-refractivity contribution in [3.05, 3.63) is 224 Å². The Kier molecular flexibility index (Phi) is 8.77. The second-order valence-corrected chi connectivity index (χ2v) is 15.9. The molecule has 0 bridgehead atoms. The van der Waals surface area contributed by atoms with Gasteiger partial charge >= 0.3 is 0 Å². The van der Waals surface area contributed by atoms with Crippen molar-refractivity contribution in [1.82, 2.24) is 24.1 Å². The van der Waals surface area contributed by atoms with Crippen LogP contribution in [0.1, 0.15) is 5.56 Å². The van der Waals surface area contributed by atoms with Gasteiger partial charge in [-0.3, -0.25) is 0 Å².